The van der Waals surface area contributed by atoms with Crippen molar-refractivity contribution in [3.05, 3.63) is 65.5 Å². The van der Waals surface area contributed by atoms with Gasteiger partial charge in [0.2, 0.25) is 0 Å². The van der Waals surface area contributed by atoms with Crippen molar-refractivity contribution in [2.75, 3.05) is 38.0 Å². The van der Waals surface area contributed by atoms with Crippen molar-refractivity contribution in [2.24, 2.45) is 0 Å². The SMILES string of the molecule is CCc1ccc(C(=O)N2CC[NH+](CC(=O)Nc3cccc(F)c3)CC2)cc1. The maximum absolute atomic E-state index is 13.2. The third-order valence-electron chi connectivity index (χ3n) is 4.89. The second kappa shape index (κ2) is 8.77. The number of anilines is 1. The number of piperazine rings is 1. The van der Waals surface area contributed by atoms with E-state index in [4.69, 9.17) is 0 Å². The van der Waals surface area contributed by atoms with E-state index in [9.17, 15) is 14.0 Å². The van der Waals surface area contributed by atoms with Gasteiger partial charge in [0.15, 0.2) is 6.54 Å². The van der Waals surface area contributed by atoms with Crippen molar-refractivity contribution < 1.29 is 18.9 Å². The van der Waals surface area contributed by atoms with E-state index < -0.39 is 0 Å². The van der Waals surface area contributed by atoms with Crippen LogP contribution in [0, 0.1) is 5.82 Å². The normalized spacial score (nSPS) is 14.8. The van der Waals surface area contributed by atoms with Crippen LogP contribution in [0.4, 0.5) is 10.1 Å². The smallest absolute Gasteiger partial charge is 0.279 e. The van der Waals surface area contributed by atoms with Gasteiger partial charge in [-0.05, 0) is 42.3 Å². The molecule has 1 heterocycles. The molecule has 3 rings (SSSR count). The zero-order chi connectivity index (χ0) is 19.2. The lowest BCUT2D eigenvalue weighted by Gasteiger charge is -2.32. The van der Waals surface area contributed by atoms with Crippen LogP contribution in [0.2, 0.25) is 0 Å². The number of nitrogens with one attached hydrogen (secondary N) is 2. The monoisotopic (exact) mass is 370 g/mol. The first-order valence-electron chi connectivity index (χ1n) is 9.32. The highest BCUT2D eigenvalue weighted by molar-refractivity contribution is 5.94. The number of aryl methyl sites for hydroxylation is 1. The molecule has 0 radical (unpaired) electrons. The van der Waals surface area contributed by atoms with E-state index in [0.29, 0.717) is 30.9 Å². The molecule has 0 bridgehead atoms. The maximum atomic E-state index is 13.2. The number of amides is 2. The van der Waals surface area contributed by atoms with E-state index >= 15 is 0 Å². The minimum atomic E-state index is -0.376. The van der Waals surface area contributed by atoms with Gasteiger partial charge in [0.05, 0.1) is 26.2 Å². The molecule has 1 aliphatic heterocycles. The molecule has 27 heavy (non-hydrogen) atoms. The number of quaternary nitrogens is 1. The third kappa shape index (κ3) is 5.14. The molecule has 1 aliphatic rings. The molecule has 0 saturated carbocycles. The number of carbonyl (C=O) groups is 2. The summed E-state index contributed by atoms with van der Waals surface area (Å²) in [6, 6.07) is 13.6. The van der Waals surface area contributed by atoms with Crippen LogP contribution in [-0.4, -0.2) is 49.4 Å². The summed E-state index contributed by atoms with van der Waals surface area (Å²) in [5, 5.41) is 2.72. The molecule has 6 heteroatoms. The molecule has 0 spiro atoms. The average Bonchev–Trinajstić information content (AvgIpc) is 2.68. The zero-order valence-corrected chi connectivity index (χ0v) is 15.5. The largest absolute Gasteiger partial charge is 0.327 e. The van der Waals surface area contributed by atoms with Crippen molar-refractivity contribution in [3.8, 4) is 0 Å². The van der Waals surface area contributed by atoms with Crippen molar-refractivity contribution in [2.45, 2.75) is 13.3 Å². The summed E-state index contributed by atoms with van der Waals surface area (Å²) in [6.45, 7) is 5.07. The van der Waals surface area contributed by atoms with Gasteiger partial charge in [0.25, 0.3) is 11.8 Å². The predicted octanol–water partition coefficient (Wildman–Crippen LogP) is 1.37. The first-order valence-corrected chi connectivity index (χ1v) is 9.32. The van der Waals surface area contributed by atoms with Gasteiger partial charge in [-0.25, -0.2) is 4.39 Å². The first kappa shape index (κ1) is 19.0. The van der Waals surface area contributed by atoms with E-state index in [0.717, 1.165) is 24.4 Å². The number of nitrogens with zero attached hydrogens (tertiary/aromatic N) is 1. The molecule has 1 fully saturated rings. The van der Waals surface area contributed by atoms with Crippen molar-refractivity contribution >= 4 is 17.5 Å². The zero-order valence-electron chi connectivity index (χ0n) is 15.5. The van der Waals surface area contributed by atoms with E-state index in [1.165, 1.54) is 17.7 Å². The highest BCUT2D eigenvalue weighted by atomic mass is 19.1. The van der Waals surface area contributed by atoms with Gasteiger partial charge in [0, 0.05) is 11.3 Å². The third-order valence-corrected chi connectivity index (χ3v) is 4.89. The Bertz CT molecular complexity index is 799. The number of hydrogen-bond acceptors (Lipinski definition) is 2. The molecule has 2 N–H and O–H groups in total. The Hall–Kier alpha value is -2.73. The Morgan fingerprint density at radius 1 is 1.11 bits per heavy atom. The fourth-order valence-corrected chi connectivity index (χ4v) is 3.27. The van der Waals surface area contributed by atoms with Gasteiger partial charge in [-0.15, -0.1) is 0 Å². The first-order chi connectivity index (χ1) is 13.0. The molecule has 2 aromatic carbocycles. The van der Waals surface area contributed by atoms with Crippen molar-refractivity contribution in [3.63, 3.8) is 0 Å². The lowest BCUT2D eigenvalue weighted by Crippen LogP contribution is -3.15. The van der Waals surface area contributed by atoms with Gasteiger partial charge in [-0.3, -0.25) is 9.59 Å². The van der Waals surface area contributed by atoms with Gasteiger partial charge in [-0.1, -0.05) is 25.1 Å². The molecule has 0 atom stereocenters. The van der Waals surface area contributed by atoms with Crippen LogP contribution in [0.3, 0.4) is 0 Å². The summed E-state index contributed by atoms with van der Waals surface area (Å²) >= 11 is 0. The molecular formula is C21H25FN3O2+. The Balaban J connectivity index is 1.48. The van der Waals surface area contributed by atoms with Crippen LogP contribution in [0.15, 0.2) is 48.5 Å². The number of halogens is 1. The Labute approximate surface area is 158 Å². The van der Waals surface area contributed by atoms with Gasteiger partial charge in [-0.2, -0.15) is 0 Å². The van der Waals surface area contributed by atoms with Gasteiger partial charge < -0.3 is 15.1 Å². The summed E-state index contributed by atoms with van der Waals surface area (Å²) in [4.78, 5) is 27.7. The molecule has 5 nitrogen and oxygen atoms in total. The summed E-state index contributed by atoms with van der Waals surface area (Å²) in [6.07, 6.45) is 0.953. The lowest BCUT2D eigenvalue weighted by atomic mass is 10.1. The number of carbonyl (C=O) groups excluding carboxylic acids is 2. The maximum Gasteiger partial charge on any atom is 0.279 e. The number of rotatable bonds is 5. The van der Waals surface area contributed by atoms with E-state index in [1.54, 1.807) is 12.1 Å². The van der Waals surface area contributed by atoms with E-state index in [1.807, 2.05) is 29.2 Å². The summed E-state index contributed by atoms with van der Waals surface area (Å²) < 4.78 is 13.2. The number of benzene rings is 2. The van der Waals surface area contributed by atoms with Crippen LogP contribution in [-0.2, 0) is 11.2 Å². The Morgan fingerprint density at radius 2 is 1.81 bits per heavy atom. The average molecular weight is 370 g/mol. The highest BCUT2D eigenvalue weighted by Gasteiger charge is 2.25. The topological polar surface area (TPSA) is 53.9 Å². The predicted molar refractivity (Wildman–Crippen MR) is 102 cm³/mol. The van der Waals surface area contributed by atoms with Crippen LogP contribution in [0.5, 0.6) is 0 Å². The van der Waals surface area contributed by atoms with E-state index in [-0.39, 0.29) is 17.6 Å². The summed E-state index contributed by atoms with van der Waals surface area (Å²) in [5.41, 5.74) is 2.38. The molecule has 0 unspecified atom stereocenters. The molecule has 142 valence electrons. The molecule has 1 saturated heterocycles. The van der Waals surface area contributed by atoms with Gasteiger partial charge in [0.1, 0.15) is 5.82 Å². The Morgan fingerprint density at radius 3 is 2.44 bits per heavy atom. The van der Waals surface area contributed by atoms with Crippen LogP contribution >= 0.6 is 0 Å². The molecule has 2 aromatic rings. The minimum absolute atomic E-state index is 0.0425. The summed E-state index contributed by atoms with van der Waals surface area (Å²) in [7, 11) is 0. The van der Waals surface area contributed by atoms with E-state index in [2.05, 4.69) is 12.2 Å². The molecule has 0 aliphatic carbocycles. The van der Waals surface area contributed by atoms with Crippen molar-refractivity contribution in [1.82, 2.24) is 4.90 Å². The van der Waals surface area contributed by atoms with Crippen LogP contribution < -0.4 is 10.2 Å². The Kier molecular flexibility index (Phi) is 6.19. The van der Waals surface area contributed by atoms with Crippen molar-refractivity contribution in [1.29, 1.82) is 0 Å². The molecule has 0 aromatic heterocycles. The fourth-order valence-electron chi connectivity index (χ4n) is 3.27. The molecule has 2 amide bonds. The lowest BCUT2D eigenvalue weighted by molar-refractivity contribution is -0.895. The minimum Gasteiger partial charge on any atom is -0.327 e. The highest BCUT2D eigenvalue weighted by Crippen LogP contribution is 2.09. The van der Waals surface area contributed by atoms with Crippen LogP contribution in [0.1, 0.15) is 22.8 Å². The van der Waals surface area contributed by atoms with Crippen LogP contribution in [0.25, 0.3) is 0 Å². The second-order valence-electron chi connectivity index (χ2n) is 6.83. The number of hydrogen-bond donors (Lipinski definition) is 2. The van der Waals surface area contributed by atoms with Gasteiger partial charge >= 0.3 is 0 Å². The quantitative estimate of drug-likeness (QED) is 0.835. The second-order valence-corrected chi connectivity index (χ2v) is 6.83. The summed E-state index contributed by atoms with van der Waals surface area (Å²) in [5.74, 6) is -0.481. The molecular weight excluding hydrogens is 345 g/mol. The fraction of sp³-hybridized carbons (Fsp3) is 0.333. The standard InChI is InChI=1S/C21H24FN3O2/c1-2-16-6-8-17(9-7-16)21(27)25-12-10-24(11-13-25)15-20(26)23-19-5-3-4-18(22)14-19/h3-9,14H,2,10-13,15H2,1H3,(H,23,26)/p+1.